The summed E-state index contributed by atoms with van der Waals surface area (Å²) in [6, 6.07) is 13.1. The number of carbonyl (C=O) groups excluding carboxylic acids is 1. The van der Waals surface area contributed by atoms with Crippen LogP contribution in [0.1, 0.15) is 9.67 Å². The average Bonchev–Trinajstić information content (AvgIpc) is 3.34. The van der Waals surface area contributed by atoms with Crippen LogP contribution in [0.4, 0.5) is 0 Å². The molecule has 26 heavy (non-hydrogen) atoms. The lowest BCUT2D eigenvalue weighted by Gasteiger charge is -2.07. The highest BCUT2D eigenvalue weighted by Crippen LogP contribution is 2.26. The van der Waals surface area contributed by atoms with Crippen LogP contribution in [-0.2, 0) is 11.3 Å². The zero-order valence-electron chi connectivity index (χ0n) is 14.0. The van der Waals surface area contributed by atoms with Crippen molar-refractivity contribution < 1.29 is 19.5 Å². The van der Waals surface area contributed by atoms with Crippen LogP contribution in [0, 0.1) is 0 Å². The van der Waals surface area contributed by atoms with Crippen LogP contribution < -0.4 is 10.2 Å². The summed E-state index contributed by atoms with van der Waals surface area (Å²) >= 11 is 1.27. The van der Waals surface area contributed by atoms with Gasteiger partial charge in [0.05, 0.1) is 35.0 Å². The summed E-state index contributed by atoms with van der Waals surface area (Å²) in [5.74, 6) is 0.312. The molecule has 0 radical (unpaired) electrons. The van der Waals surface area contributed by atoms with Crippen molar-refractivity contribution in [1.82, 2.24) is 15.0 Å². The molecule has 3 aromatic rings. The van der Waals surface area contributed by atoms with E-state index in [1.165, 1.54) is 11.3 Å². The number of amides is 1. The van der Waals surface area contributed by atoms with Gasteiger partial charge in [-0.1, -0.05) is 18.2 Å². The molecule has 0 saturated carbocycles. The minimum Gasteiger partial charge on any atom is -0.491 e. The van der Waals surface area contributed by atoms with E-state index >= 15 is 0 Å². The summed E-state index contributed by atoms with van der Waals surface area (Å²) in [6.07, 6.45) is 3.63. The number of imidazole rings is 1. The largest absolute Gasteiger partial charge is 0.491 e. The van der Waals surface area contributed by atoms with Crippen molar-refractivity contribution in [3.8, 4) is 16.3 Å². The molecule has 0 atom stereocenters. The standard InChI is InChI=1S/C18H19N3O4S/c22-18(20-23)17-7-6-16(26-17)15-12-21(13-19-15)8-9-24-10-11-25-14-4-2-1-3-5-14/h1-7,12-13,23H,8-11H2,(H,20,22). The Kier molecular flexibility index (Phi) is 6.37. The highest BCUT2D eigenvalue weighted by molar-refractivity contribution is 7.17. The van der Waals surface area contributed by atoms with Gasteiger partial charge in [-0.15, -0.1) is 11.3 Å². The molecule has 0 unspecified atom stereocenters. The van der Waals surface area contributed by atoms with Crippen molar-refractivity contribution in [2.75, 3.05) is 19.8 Å². The second-order valence-corrected chi connectivity index (χ2v) is 6.46. The summed E-state index contributed by atoms with van der Waals surface area (Å²) in [7, 11) is 0. The van der Waals surface area contributed by atoms with Crippen LogP contribution in [0.2, 0.25) is 0 Å². The van der Waals surface area contributed by atoms with Gasteiger partial charge in [0.15, 0.2) is 0 Å². The van der Waals surface area contributed by atoms with Crippen LogP contribution in [0.3, 0.4) is 0 Å². The number of para-hydroxylation sites is 1. The summed E-state index contributed by atoms with van der Waals surface area (Å²) in [5.41, 5.74) is 2.40. The Morgan fingerprint density at radius 3 is 2.81 bits per heavy atom. The number of aromatic nitrogens is 2. The maximum Gasteiger partial charge on any atom is 0.284 e. The number of nitrogens with one attached hydrogen (secondary N) is 1. The van der Waals surface area contributed by atoms with Gasteiger partial charge in [-0.2, -0.15) is 0 Å². The Morgan fingerprint density at radius 2 is 2.00 bits per heavy atom. The molecular formula is C18H19N3O4S. The van der Waals surface area contributed by atoms with Crippen LogP contribution in [0.15, 0.2) is 55.0 Å². The van der Waals surface area contributed by atoms with E-state index in [9.17, 15) is 4.79 Å². The van der Waals surface area contributed by atoms with E-state index in [2.05, 4.69) is 4.98 Å². The average molecular weight is 373 g/mol. The molecule has 7 nitrogen and oxygen atoms in total. The third-order valence-corrected chi connectivity index (χ3v) is 4.66. The number of hydroxylamine groups is 1. The third-order valence-electron chi connectivity index (χ3n) is 3.55. The van der Waals surface area contributed by atoms with Crippen LogP contribution in [0.25, 0.3) is 10.6 Å². The number of thiophene rings is 1. The van der Waals surface area contributed by atoms with E-state index in [0.29, 0.717) is 31.2 Å². The fraction of sp³-hybridized carbons (Fsp3) is 0.222. The van der Waals surface area contributed by atoms with E-state index in [-0.39, 0.29) is 0 Å². The first-order valence-electron chi connectivity index (χ1n) is 8.08. The van der Waals surface area contributed by atoms with Gasteiger partial charge in [-0.3, -0.25) is 10.0 Å². The number of ether oxygens (including phenoxy) is 2. The molecular weight excluding hydrogens is 354 g/mol. The molecule has 0 aliphatic carbocycles. The molecule has 1 amide bonds. The van der Waals surface area contributed by atoms with Crippen LogP contribution >= 0.6 is 11.3 Å². The summed E-state index contributed by atoms with van der Waals surface area (Å²) < 4.78 is 13.1. The fourth-order valence-corrected chi connectivity index (χ4v) is 3.13. The number of benzene rings is 1. The molecule has 2 N–H and O–H groups in total. The Morgan fingerprint density at radius 1 is 1.15 bits per heavy atom. The second-order valence-electron chi connectivity index (χ2n) is 5.38. The van der Waals surface area contributed by atoms with Gasteiger partial charge >= 0.3 is 0 Å². The van der Waals surface area contributed by atoms with Crippen molar-refractivity contribution >= 4 is 17.2 Å². The van der Waals surface area contributed by atoms with Crippen molar-refractivity contribution in [2.45, 2.75) is 6.54 Å². The lowest BCUT2D eigenvalue weighted by Crippen LogP contribution is -2.16. The van der Waals surface area contributed by atoms with E-state index < -0.39 is 5.91 Å². The van der Waals surface area contributed by atoms with Gasteiger partial charge in [0, 0.05) is 12.7 Å². The molecule has 0 bridgehead atoms. The van der Waals surface area contributed by atoms with Gasteiger partial charge in [-0.05, 0) is 24.3 Å². The lowest BCUT2D eigenvalue weighted by molar-refractivity contribution is 0.0711. The first-order valence-corrected chi connectivity index (χ1v) is 8.90. The summed E-state index contributed by atoms with van der Waals surface area (Å²) in [6.45, 7) is 2.25. The predicted octanol–water partition coefficient (Wildman–Crippen LogP) is 2.83. The molecule has 3 rings (SSSR count). The second kappa shape index (κ2) is 9.14. The zero-order chi connectivity index (χ0) is 18.2. The maximum atomic E-state index is 11.4. The van der Waals surface area contributed by atoms with E-state index in [0.717, 1.165) is 16.3 Å². The first-order chi connectivity index (χ1) is 12.8. The highest BCUT2D eigenvalue weighted by Gasteiger charge is 2.11. The van der Waals surface area contributed by atoms with E-state index in [1.54, 1.807) is 23.9 Å². The number of nitrogens with zero attached hydrogens (tertiary/aromatic N) is 2. The van der Waals surface area contributed by atoms with Crippen molar-refractivity contribution in [1.29, 1.82) is 0 Å². The fourth-order valence-electron chi connectivity index (χ4n) is 2.27. The van der Waals surface area contributed by atoms with Crippen LogP contribution in [-0.4, -0.2) is 40.5 Å². The van der Waals surface area contributed by atoms with Gasteiger partial charge in [-0.25, -0.2) is 10.5 Å². The molecule has 2 heterocycles. The lowest BCUT2D eigenvalue weighted by atomic mass is 10.3. The van der Waals surface area contributed by atoms with Gasteiger partial charge in [0.2, 0.25) is 0 Å². The summed E-state index contributed by atoms with van der Waals surface area (Å²) in [5, 5.41) is 8.66. The Hall–Kier alpha value is -2.68. The number of hydrogen-bond acceptors (Lipinski definition) is 6. The molecule has 1 aromatic carbocycles. The molecule has 0 fully saturated rings. The van der Waals surface area contributed by atoms with E-state index in [4.69, 9.17) is 14.7 Å². The summed E-state index contributed by atoms with van der Waals surface area (Å²) in [4.78, 5) is 17.0. The molecule has 2 aromatic heterocycles. The van der Waals surface area contributed by atoms with Gasteiger partial charge in [0.25, 0.3) is 5.91 Å². The van der Waals surface area contributed by atoms with E-state index in [1.807, 2.05) is 41.1 Å². The first kappa shape index (κ1) is 18.1. The number of rotatable bonds is 9. The van der Waals surface area contributed by atoms with Gasteiger partial charge in [0.1, 0.15) is 12.4 Å². The predicted molar refractivity (Wildman–Crippen MR) is 97.5 cm³/mol. The number of hydrogen-bond donors (Lipinski definition) is 2. The molecule has 0 spiro atoms. The topological polar surface area (TPSA) is 85.6 Å². The Balaban J connectivity index is 1.40. The SMILES string of the molecule is O=C(NO)c1ccc(-c2cn(CCOCCOc3ccccc3)cn2)s1. The van der Waals surface area contributed by atoms with Crippen molar-refractivity contribution in [3.63, 3.8) is 0 Å². The normalized spacial score (nSPS) is 10.7. The third kappa shape index (κ3) is 4.92. The Labute approximate surface area is 154 Å². The minimum atomic E-state index is -0.521. The zero-order valence-corrected chi connectivity index (χ0v) is 14.8. The molecule has 0 aliphatic heterocycles. The molecule has 0 saturated heterocycles. The quantitative estimate of drug-likeness (QED) is 0.342. The van der Waals surface area contributed by atoms with Crippen molar-refractivity contribution in [2.24, 2.45) is 0 Å². The Bertz CT molecular complexity index is 832. The van der Waals surface area contributed by atoms with Crippen LogP contribution in [0.5, 0.6) is 5.75 Å². The maximum absolute atomic E-state index is 11.4. The molecule has 8 heteroatoms. The minimum absolute atomic E-state index is 0.429. The number of carbonyl (C=O) groups is 1. The van der Waals surface area contributed by atoms with Gasteiger partial charge < -0.3 is 14.0 Å². The molecule has 0 aliphatic rings. The highest BCUT2D eigenvalue weighted by atomic mass is 32.1. The smallest absolute Gasteiger partial charge is 0.284 e. The molecule has 136 valence electrons. The monoisotopic (exact) mass is 373 g/mol. The van der Waals surface area contributed by atoms with Crippen molar-refractivity contribution in [3.05, 3.63) is 59.9 Å².